The van der Waals surface area contributed by atoms with E-state index in [0.717, 1.165) is 16.8 Å². The highest BCUT2D eigenvalue weighted by molar-refractivity contribution is 6.32. The average Bonchev–Trinajstić information content (AvgIpc) is 2.94. The summed E-state index contributed by atoms with van der Waals surface area (Å²) in [7, 11) is 0. The van der Waals surface area contributed by atoms with Gasteiger partial charge in [0.1, 0.15) is 11.6 Å². The number of fused-ring (bicyclic) bond motifs is 1. The quantitative estimate of drug-likeness (QED) is 0.689. The van der Waals surface area contributed by atoms with Crippen molar-refractivity contribution in [3.05, 3.63) is 64.6 Å². The minimum atomic E-state index is -0.205. The average molecular weight is 333 g/mol. The van der Waals surface area contributed by atoms with Crippen LogP contribution < -0.4 is 10.1 Å². The van der Waals surface area contributed by atoms with Crippen LogP contribution in [-0.4, -0.2) is 11.6 Å². The second-order valence-corrected chi connectivity index (χ2v) is 5.70. The molecule has 0 spiro atoms. The second kappa shape index (κ2) is 7.02. The van der Waals surface area contributed by atoms with Crippen molar-refractivity contribution in [1.82, 2.24) is 10.3 Å². The van der Waals surface area contributed by atoms with Crippen molar-refractivity contribution in [2.45, 2.75) is 20.0 Å². The van der Waals surface area contributed by atoms with E-state index in [1.165, 1.54) is 6.07 Å². The SMILES string of the molecule is CCOc1ccc(CNCc2cc3c(F)cccc3[nH]2)cc1Cl. The van der Waals surface area contributed by atoms with Crippen LogP contribution in [-0.2, 0) is 13.1 Å². The third-order valence-electron chi connectivity index (χ3n) is 3.61. The summed E-state index contributed by atoms with van der Waals surface area (Å²) in [6.45, 7) is 3.81. The van der Waals surface area contributed by atoms with Crippen molar-refractivity contribution in [1.29, 1.82) is 0 Å². The van der Waals surface area contributed by atoms with Crippen molar-refractivity contribution in [3.63, 3.8) is 0 Å². The molecule has 3 aromatic rings. The number of H-pyrrole nitrogens is 1. The van der Waals surface area contributed by atoms with Crippen LogP contribution in [0.2, 0.25) is 5.02 Å². The number of rotatable bonds is 6. The summed E-state index contributed by atoms with van der Waals surface area (Å²) >= 11 is 6.17. The predicted octanol–water partition coefficient (Wildman–Crippen LogP) is 4.65. The van der Waals surface area contributed by atoms with Crippen molar-refractivity contribution in [3.8, 4) is 5.75 Å². The van der Waals surface area contributed by atoms with E-state index in [4.69, 9.17) is 16.3 Å². The van der Waals surface area contributed by atoms with E-state index in [1.807, 2.05) is 37.3 Å². The topological polar surface area (TPSA) is 37.0 Å². The lowest BCUT2D eigenvalue weighted by atomic mass is 10.2. The lowest BCUT2D eigenvalue weighted by Gasteiger charge is -2.08. The van der Waals surface area contributed by atoms with Crippen LogP contribution in [0.5, 0.6) is 5.75 Å². The van der Waals surface area contributed by atoms with Crippen LogP contribution in [0.15, 0.2) is 42.5 Å². The fourth-order valence-corrected chi connectivity index (χ4v) is 2.80. The monoisotopic (exact) mass is 332 g/mol. The highest BCUT2D eigenvalue weighted by Crippen LogP contribution is 2.25. The van der Waals surface area contributed by atoms with Crippen molar-refractivity contribution in [2.75, 3.05) is 6.61 Å². The molecule has 0 radical (unpaired) electrons. The Morgan fingerprint density at radius 1 is 1.17 bits per heavy atom. The molecular formula is C18H18ClFN2O. The Kier molecular flexibility index (Phi) is 4.84. The first-order chi connectivity index (χ1) is 11.2. The van der Waals surface area contributed by atoms with E-state index in [9.17, 15) is 4.39 Å². The molecule has 0 atom stereocenters. The zero-order valence-electron chi connectivity index (χ0n) is 12.8. The molecule has 120 valence electrons. The van der Waals surface area contributed by atoms with E-state index in [-0.39, 0.29) is 5.82 Å². The van der Waals surface area contributed by atoms with Crippen LogP contribution in [0.25, 0.3) is 10.9 Å². The second-order valence-electron chi connectivity index (χ2n) is 5.30. The van der Waals surface area contributed by atoms with Gasteiger partial charge in [0.05, 0.1) is 11.6 Å². The Balaban J connectivity index is 1.62. The highest BCUT2D eigenvalue weighted by atomic mass is 35.5. The number of hydrogen-bond donors (Lipinski definition) is 2. The summed E-state index contributed by atoms with van der Waals surface area (Å²) in [5.41, 5.74) is 2.83. The molecule has 2 aromatic carbocycles. The summed E-state index contributed by atoms with van der Waals surface area (Å²) in [6, 6.07) is 12.6. The zero-order valence-corrected chi connectivity index (χ0v) is 13.6. The number of nitrogens with one attached hydrogen (secondary N) is 2. The smallest absolute Gasteiger partial charge is 0.137 e. The number of aromatic amines is 1. The van der Waals surface area contributed by atoms with Gasteiger partial charge >= 0.3 is 0 Å². The molecule has 1 heterocycles. The minimum absolute atomic E-state index is 0.205. The van der Waals surface area contributed by atoms with Crippen molar-refractivity contribution < 1.29 is 9.13 Å². The van der Waals surface area contributed by atoms with Gasteiger partial charge in [0, 0.05) is 29.7 Å². The molecule has 0 aliphatic rings. The number of halogens is 2. The molecular weight excluding hydrogens is 315 g/mol. The summed E-state index contributed by atoms with van der Waals surface area (Å²) in [5, 5.41) is 4.55. The Morgan fingerprint density at radius 2 is 2.04 bits per heavy atom. The molecule has 0 saturated heterocycles. The summed E-state index contributed by atoms with van der Waals surface area (Å²) in [6.07, 6.45) is 0. The van der Waals surface area contributed by atoms with E-state index in [2.05, 4.69) is 10.3 Å². The fourth-order valence-electron chi connectivity index (χ4n) is 2.54. The van der Waals surface area contributed by atoms with Gasteiger partial charge in [-0.2, -0.15) is 0 Å². The molecule has 0 saturated carbocycles. The molecule has 3 rings (SSSR count). The van der Waals surface area contributed by atoms with E-state index in [0.29, 0.717) is 35.9 Å². The molecule has 0 fully saturated rings. The van der Waals surface area contributed by atoms with E-state index in [1.54, 1.807) is 6.07 Å². The molecule has 0 unspecified atom stereocenters. The number of benzene rings is 2. The van der Waals surface area contributed by atoms with Crippen LogP contribution in [0, 0.1) is 5.82 Å². The Morgan fingerprint density at radius 3 is 2.78 bits per heavy atom. The summed E-state index contributed by atoms with van der Waals surface area (Å²) < 4.78 is 19.1. The Labute approximate surface area is 139 Å². The number of hydrogen-bond acceptors (Lipinski definition) is 2. The summed E-state index contributed by atoms with van der Waals surface area (Å²) in [4.78, 5) is 3.21. The molecule has 0 aliphatic carbocycles. The maximum absolute atomic E-state index is 13.7. The van der Waals surface area contributed by atoms with Crippen molar-refractivity contribution >= 4 is 22.5 Å². The third-order valence-corrected chi connectivity index (χ3v) is 3.90. The largest absolute Gasteiger partial charge is 0.492 e. The molecule has 2 N–H and O–H groups in total. The maximum Gasteiger partial charge on any atom is 0.137 e. The Bertz CT molecular complexity index is 816. The van der Waals surface area contributed by atoms with Gasteiger partial charge in [-0.15, -0.1) is 0 Å². The normalized spacial score (nSPS) is 11.1. The standard InChI is InChI=1S/C18H18ClFN2O/c1-2-23-18-7-6-12(8-15(18)19)10-21-11-13-9-14-16(20)4-3-5-17(14)22-13/h3-9,21-22H,2,10-11H2,1H3. The molecule has 1 aromatic heterocycles. The van der Waals surface area contributed by atoms with Gasteiger partial charge in [0.15, 0.2) is 0 Å². The van der Waals surface area contributed by atoms with Crippen LogP contribution in [0.3, 0.4) is 0 Å². The van der Waals surface area contributed by atoms with Gasteiger partial charge in [-0.1, -0.05) is 23.7 Å². The molecule has 3 nitrogen and oxygen atoms in total. The van der Waals surface area contributed by atoms with Gasteiger partial charge in [-0.3, -0.25) is 0 Å². The highest BCUT2D eigenvalue weighted by Gasteiger charge is 2.06. The first-order valence-electron chi connectivity index (χ1n) is 7.55. The number of aromatic nitrogens is 1. The molecule has 5 heteroatoms. The maximum atomic E-state index is 13.7. The van der Waals surface area contributed by atoms with Crippen LogP contribution in [0.4, 0.5) is 4.39 Å². The number of ether oxygens (including phenoxy) is 1. The first-order valence-corrected chi connectivity index (χ1v) is 7.93. The van der Waals surface area contributed by atoms with Gasteiger partial charge in [0.25, 0.3) is 0 Å². The molecule has 0 aliphatic heterocycles. The molecule has 0 bridgehead atoms. The predicted molar refractivity (Wildman–Crippen MR) is 91.4 cm³/mol. The van der Waals surface area contributed by atoms with E-state index < -0.39 is 0 Å². The molecule has 0 amide bonds. The van der Waals surface area contributed by atoms with Crippen LogP contribution in [0.1, 0.15) is 18.2 Å². The van der Waals surface area contributed by atoms with Gasteiger partial charge < -0.3 is 15.0 Å². The van der Waals surface area contributed by atoms with Crippen molar-refractivity contribution in [2.24, 2.45) is 0 Å². The van der Waals surface area contributed by atoms with Gasteiger partial charge in [0.2, 0.25) is 0 Å². The van der Waals surface area contributed by atoms with Crippen LogP contribution >= 0.6 is 11.6 Å². The minimum Gasteiger partial charge on any atom is -0.492 e. The zero-order chi connectivity index (χ0) is 16.2. The molecule has 23 heavy (non-hydrogen) atoms. The lowest BCUT2D eigenvalue weighted by Crippen LogP contribution is -2.12. The summed E-state index contributed by atoms with van der Waals surface area (Å²) in [5.74, 6) is 0.493. The fraction of sp³-hybridized carbons (Fsp3) is 0.222. The van der Waals surface area contributed by atoms with Gasteiger partial charge in [-0.25, -0.2) is 4.39 Å². The third kappa shape index (κ3) is 3.66. The first kappa shape index (κ1) is 15.8. The van der Waals surface area contributed by atoms with E-state index >= 15 is 0 Å². The Hall–Kier alpha value is -2.04. The lowest BCUT2D eigenvalue weighted by molar-refractivity contribution is 0.340. The van der Waals surface area contributed by atoms with Gasteiger partial charge in [-0.05, 0) is 42.8 Å².